The van der Waals surface area contributed by atoms with Crippen molar-refractivity contribution in [2.45, 2.75) is 24.6 Å². The third-order valence-electron chi connectivity index (χ3n) is 5.88. The smallest absolute Gasteiger partial charge is 0.352 e. The van der Waals surface area contributed by atoms with E-state index in [1.165, 1.54) is 23.8 Å². The summed E-state index contributed by atoms with van der Waals surface area (Å²) >= 11 is 2.22. The molecule has 2 atom stereocenters. The van der Waals surface area contributed by atoms with E-state index in [0.717, 1.165) is 22.6 Å². The largest absolute Gasteiger partial charge is 0.477 e. The maximum Gasteiger partial charge on any atom is 0.352 e. The van der Waals surface area contributed by atoms with Gasteiger partial charge in [0.05, 0.1) is 12.8 Å². The van der Waals surface area contributed by atoms with Gasteiger partial charge in [-0.05, 0) is 6.07 Å². The van der Waals surface area contributed by atoms with Gasteiger partial charge in [-0.15, -0.1) is 11.8 Å². The van der Waals surface area contributed by atoms with E-state index in [9.17, 15) is 24.6 Å². The van der Waals surface area contributed by atoms with Gasteiger partial charge in [0.15, 0.2) is 24.1 Å². The minimum absolute atomic E-state index is 0.0449. The summed E-state index contributed by atoms with van der Waals surface area (Å²) < 4.78 is 7.60. The standard InChI is InChI=1S/C21H20N8O6S2/c1-35-25-13(16-24-21(22)37-26-16)17(31)23-14-18(32)29-15(20(33)34)11(9-36-19(14)29)6-27-4-5-28-3-2-10(8-30)12(28)7-27/h2-5,7,14,19,30H,6,8-9H2,1H3,(H3-,22,23,24,26,31,33,34)/p+1/t14-,19+/m1/s1. The quantitative estimate of drug-likeness (QED) is 0.118. The summed E-state index contributed by atoms with van der Waals surface area (Å²) in [6.45, 7) is 0.107. The average Bonchev–Trinajstić information content (AvgIpc) is 3.50. The number of thioether (sulfide) groups is 1. The first-order valence-electron chi connectivity index (χ1n) is 10.8. The first kappa shape index (κ1) is 24.7. The summed E-state index contributed by atoms with van der Waals surface area (Å²) in [7, 11) is 1.25. The van der Waals surface area contributed by atoms with Crippen LogP contribution in [0.2, 0.25) is 0 Å². The number of β-lactam (4-membered cyclic amide) rings is 1. The van der Waals surface area contributed by atoms with Crippen LogP contribution in [-0.2, 0) is 32.4 Å². The van der Waals surface area contributed by atoms with Crippen molar-refractivity contribution in [2.75, 3.05) is 18.6 Å². The number of nitrogens with one attached hydrogen (secondary N) is 1. The number of carboxylic acid groups (broad SMARTS) is 1. The molecular formula is C21H21N8O6S2+. The second-order valence-corrected chi connectivity index (χ2v) is 9.98. The van der Waals surface area contributed by atoms with Crippen molar-refractivity contribution in [3.63, 3.8) is 0 Å². The van der Waals surface area contributed by atoms with Crippen LogP contribution in [0.3, 0.4) is 0 Å². The monoisotopic (exact) mass is 545 g/mol. The fourth-order valence-corrected chi connectivity index (χ4v) is 5.98. The molecule has 14 nitrogen and oxygen atoms in total. The lowest BCUT2D eigenvalue weighted by Gasteiger charge is -2.49. The predicted molar refractivity (Wildman–Crippen MR) is 131 cm³/mol. The van der Waals surface area contributed by atoms with Crippen LogP contribution in [0.4, 0.5) is 5.13 Å². The minimum atomic E-state index is -1.23. The van der Waals surface area contributed by atoms with Gasteiger partial charge in [0, 0.05) is 34.6 Å². The van der Waals surface area contributed by atoms with E-state index in [-0.39, 0.29) is 35.5 Å². The van der Waals surface area contributed by atoms with Crippen molar-refractivity contribution in [1.82, 2.24) is 24.0 Å². The first-order chi connectivity index (χ1) is 17.8. The lowest BCUT2D eigenvalue weighted by molar-refractivity contribution is -0.688. The summed E-state index contributed by atoms with van der Waals surface area (Å²) in [6, 6.07) is 0.834. The Balaban J connectivity index is 1.36. The van der Waals surface area contributed by atoms with Crippen molar-refractivity contribution in [3.8, 4) is 0 Å². The zero-order valence-corrected chi connectivity index (χ0v) is 20.9. The van der Waals surface area contributed by atoms with Crippen molar-refractivity contribution >= 4 is 57.4 Å². The number of oxime groups is 1. The van der Waals surface area contributed by atoms with Gasteiger partial charge in [0.1, 0.15) is 29.7 Å². The zero-order chi connectivity index (χ0) is 26.3. The number of nitrogen functional groups attached to an aromatic ring is 1. The van der Waals surface area contributed by atoms with Gasteiger partial charge >= 0.3 is 5.97 Å². The van der Waals surface area contributed by atoms with E-state index in [0.29, 0.717) is 11.3 Å². The Kier molecular flexibility index (Phi) is 6.53. The van der Waals surface area contributed by atoms with E-state index in [1.54, 1.807) is 23.0 Å². The van der Waals surface area contributed by atoms with Crippen LogP contribution >= 0.6 is 23.3 Å². The van der Waals surface area contributed by atoms with E-state index in [2.05, 4.69) is 19.8 Å². The molecule has 0 unspecified atom stereocenters. The number of hydrogen-bond acceptors (Lipinski definition) is 11. The Morgan fingerprint density at radius 3 is 2.89 bits per heavy atom. The number of aromatic nitrogens is 4. The highest BCUT2D eigenvalue weighted by Gasteiger charge is 2.54. The number of carbonyl (C=O) groups is 3. The van der Waals surface area contributed by atoms with Crippen LogP contribution in [0.15, 0.2) is 47.3 Å². The van der Waals surface area contributed by atoms with Crippen LogP contribution in [0.1, 0.15) is 11.4 Å². The van der Waals surface area contributed by atoms with Gasteiger partial charge < -0.3 is 30.5 Å². The van der Waals surface area contributed by atoms with Gasteiger partial charge in [-0.25, -0.2) is 4.79 Å². The van der Waals surface area contributed by atoms with Crippen LogP contribution in [0.25, 0.3) is 5.52 Å². The third kappa shape index (κ3) is 4.38. The predicted octanol–water partition coefficient (Wildman–Crippen LogP) is -1.06. The zero-order valence-electron chi connectivity index (χ0n) is 19.3. The molecule has 0 spiro atoms. The van der Waals surface area contributed by atoms with Crippen LogP contribution < -0.4 is 15.6 Å². The molecule has 37 heavy (non-hydrogen) atoms. The summed E-state index contributed by atoms with van der Waals surface area (Å²) in [4.78, 5) is 47.9. The van der Waals surface area contributed by atoms with Crippen molar-refractivity contribution in [2.24, 2.45) is 5.16 Å². The highest BCUT2D eigenvalue weighted by molar-refractivity contribution is 8.00. The molecule has 192 valence electrons. The van der Waals surface area contributed by atoms with Gasteiger partial charge in [-0.1, -0.05) is 5.16 Å². The normalized spacial score (nSPS) is 19.6. The fraction of sp³-hybridized carbons (Fsp3) is 0.286. The molecule has 1 fully saturated rings. The Labute approximate surface area is 217 Å². The van der Waals surface area contributed by atoms with Crippen LogP contribution in [0.5, 0.6) is 0 Å². The molecule has 2 aliphatic rings. The molecule has 0 saturated carbocycles. The summed E-state index contributed by atoms with van der Waals surface area (Å²) in [5.74, 6) is -2.25. The molecule has 0 radical (unpaired) electrons. The number of anilines is 1. The topological polar surface area (TPSA) is 189 Å². The number of hydrogen-bond donors (Lipinski definition) is 4. The summed E-state index contributed by atoms with van der Waals surface area (Å²) in [5.41, 5.74) is 7.30. The molecule has 3 aromatic rings. The van der Waals surface area contributed by atoms with Crippen LogP contribution in [-0.4, -0.2) is 76.6 Å². The van der Waals surface area contributed by atoms with Crippen LogP contribution in [0, 0.1) is 0 Å². The van der Waals surface area contributed by atoms with Crippen molar-refractivity contribution in [3.05, 3.63) is 53.5 Å². The molecule has 0 aromatic carbocycles. The van der Waals surface area contributed by atoms with E-state index >= 15 is 0 Å². The average molecular weight is 546 g/mol. The molecule has 0 bridgehead atoms. The number of aliphatic hydroxyl groups excluding tert-OH is 1. The number of carboxylic acids is 1. The number of aliphatic hydroxyl groups is 1. The Morgan fingerprint density at radius 2 is 2.22 bits per heavy atom. The molecule has 0 aliphatic carbocycles. The van der Waals surface area contributed by atoms with Crippen molar-refractivity contribution in [1.29, 1.82) is 0 Å². The highest BCUT2D eigenvalue weighted by Crippen LogP contribution is 2.40. The number of nitrogens with zero attached hydrogens (tertiary/aromatic N) is 6. The second kappa shape index (κ2) is 9.79. The van der Waals surface area contributed by atoms with E-state index in [4.69, 9.17) is 10.6 Å². The number of amides is 2. The first-order valence-corrected chi connectivity index (χ1v) is 12.7. The summed E-state index contributed by atoms with van der Waals surface area (Å²) in [5, 5.41) is 25.3. The molecule has 2 aliphatic heterocycles. The summed E-state index contributed by atoms with van der Waals surface area (Å²) in [6.07, 6.45) is 7.22. The fourth-order valence-electron chi connectivity index (χ4n) is 4.21. The van der Waals surface area contributed by atoms with Crippen molar-refractivity contribution < 1.29 is 34.0 Å². The molecule has 5 N–H and O–H groups in total. The SMILES string of the molecule is CON=C(C(=O)N[C@@H]1C(=O)N2C(C(=O)O)=C(C[n+]3ccn4ccc(CO)c4c3)CS[C@@H]12)c1nsc(N)n1. The lowest BCUT2D eigenvalue weighted by Crippen LogP contribution is -2.71. The lowest BCUT2D eigenvalue weighted by atomic mass is 10.0. The molecule has 2 amide bonds. The highest BCUT2D eigenvalue weighted by atomic mass is 32.2. The number of nitrogens with two attached hydrogens (primary N) is 1. The number of carbonyl (C=O) groups excluding carboxylic acids is 2. The van der Waals surface area contributed by atoms with Gasteiger partial charge in [0.2, 0.25) is 11.5 Å². The third-order valence-corrected chi connectivity index (χ3v) is 7.76. The maximum absolute atomic E-state index is 13.0. The van der Waals surface area contributed by atoms with Gasteiger partial charge in [-0.2, -0.15) is 13.9 Å². The number of fused-ring (bicyclic) bond motifs is 2. The Hall–Kier alpha value is -4.02. The number of aliphatic carboxylic acids is 1. The second-order valence-electron chi connectivity index (χ2n) is 8.09. The van der Waals surface area contributed by atoms with Gasteiger partial charge in [0.25, 0.3) is 11.8 Å². The molecular weight excluding hydrogens is 524 g/mol. The molecule has 1 saturated heterocycles. The van der Waals surface area contributed by atoms with E-state index in [1.807, 2.05) is 16.8 Å². The number of rotatable bonds is 8. The maximum atomic E-state index is 13.0. The van der Waals surface area contributed by atoms with Gasteiger partial charge in [-0.3, -0.25) is 14.5 Å². The molecule has 3 aromatic heterocycles. The van der Waals surface area contributed by atoms with E-state index < -0.39 is 29.2 Å². The Bertz CT molecular complexity index is 1480. The molecule has 5 rings (SSSR count). The molecule has 5 heterocycles. The molecule has 16 heteroatoms. The minimum Gasteiger partial charge on any atom is -0.477 e. The Morgan fingerprint density at radius 1 is 1.41 bits per heavy atom.